The van der Waals surface area contributed by atoms with Crippen molar-refractivity contribution in [2.75, 3.05) is 13.1 Å². The van der Waals surface area contributed by atoms with E-state index in [1.165, 1.54) is 16.4 Å². The zero-order valence-corrected chi connectivity index (χ0v) is 12.3. The molecule has 1 atom stereocenters. The summed E-state index contributed by atoms with van der Waals surface area (Å²) in [4.78, 5) is 0. The van der Waals surface area contributed by atoms with E-state index in [9.17, 15) is 0 Å². The van der Waals surface area contributed by atoms with Gasteiger partial charge in [-0.15, -0.1) is 21.5 Å². The first-order valence-corrected chi connectivity index (χ1v) is 7.49. The molecule has 1 heterocycles. The molecule has 0 bridgehead atoms. The Morgan fingerprint density at radius 3 is 2.59 bits per heavy atom. The van der Waals surface area contributed by atoms with Gasteiger partial charge in [0.1, 0.15) is 10.0 Å². The van der Waals surface area contributed by atoms with E-state index < -0.39 is 0 Å². The second-order valence-electron chi connectivity index (χ2n) is 4.92. The highest BCUT2D eigenvalue weighted by molar-refractivity contribution is 7.11. The smallest absolute Gasteiger partial charge is 0.120 e. The largest absolute Gasteiger partial charge is 0.317 e. The normalized spacial score (nSPS) is 13.2. The van der Waals surface area contributed by atoms with Crippen molar-refractivity contribution in [2.24, 2.45) is 5.92 Å². The number of rotatable bonds is 8. The van der Waals surface area contributed by atoms with E-state index in [1.807, 2.05) is 0 Å². The molecule has 1 rings (SSSR count). The third-order valence-corrected chi connectivity index (χ3v) is 4.23. The number of hydrogen-bond donors (Lipinski definition) is 1. The summed E-state index contributed by atoms with van der Waals surface area (Å²) >= 11 is 1.78. The predicted octanol–water partition coefficient (Wildman–Crippen LogP) is 3.23. The molecule has 0 aliphatic rings. The highest BCUT2D eigenvalue weighted by atomic mass is 32.1. The predicted molar refractivity (Wildman–Crippen MR) is 74.6 cm³/mol. The summed E-state index contributed by atoms with van der Waals surface area (Å²) in [7, 11) is 0. The maximum Gasteiger partial charge on any atom is 0.120 e. The number of aromatic nitrogens is 2. The Morgan fingerprint density at radius 1 is 1.18 bits per heavy atom. The van der Waals surface area contributed by atoms with Crippen LogP contribution in [0, 0.1) is 5.92 Å². The fourth-order valence-corrected chi connectivity index (χ4v) is 2.61. The van der Waals surface area contributed by atoms with Crippen LogP contribution in [-0.2, 0) is 6.42 Å². The lowest BCUT2D eigenvalue weighted by Gasteiger charge is -2.10. The minimum atomic E-state index is 0.527. The van der Waals surface area contributed by atoms with Gasteiger partial charge in [0.15, 0.2) is 0 Å². The SMILES string of the molecule is CCCNCCCc1nnc(C(C)C(C)C)s1. The zero-order chi connectivity index (χ0) is 12.7. The second kappa shape index (κ2) is 7.77. The van der Waals surface area contributed by atoms with Crippen molar-refractivity contribution in [3.63, 3.8) is 0 Å². The molecule has 0 saturated carbocycles. The highest BCUT2D eigenvalue weighted by Crippen LogP contribution is 2.26. The van der Waals surface area contributed by atoms with Crippen LogP contribution in [0.2, 0.25) is 0 Å². The third kappa shape index (κ3) is 5.13. The van der Waals surface area contributed by atoms with Crippen molar-refractivity contribution >= 4 is 11.3 Å². The molecule has 4 heteroatoms. The van der Waals surface area contributed by atoms with E-state index in [0.717, 1.165) is 25.9 Å². The van der Waals surface area contributed by atoms with E-state index in [0.29, 0.717) is 11.8 Å². The molecule has 17 heavy (non-hydrogen) atoms. The highest BCUT2D eigenvalue weighted by Gasteiger charge is 2.14. The lowest BCUT2D eigenvalue weighted by Crippen LogP contribution is -2.16. The number of hydrogen-bond acceptors (Lipinski definition) is 4. The van der Waals surface area contributed by atoms with Gasteiger partial charge in [-0.25, -0.2) is 0 Å². The summed E-state index contributed by atoms with van der Waals surface area (Å²) in [6.07, 6.45) is 3.42. The molecule has 0 aliphatic carbocycles. The third-order valence-electron chi connectivity index (χ3n) is 3.04. The van der Waals surface area contributed by atoms with Gasteiger partial charge in [0, 0.05) is 12.3 Å². The van der Waals surface area contributed by atoms with Gasteiger partial charge in [-0.1, -0.05) is 27.7 Å². The molecule has 3 nitrogen and oxygen atoms in total. The van der Waals surface area contributed by atoms with Crippen LogP contribution in [-0.4, -0.2) is 23.3 Å². The van der Waals surface area contributed by atoms with Gasteiger partial charge in [0.2, 0.25) is 0 Å². The Balaban J connectivity index is 2.31. The Labute approximate surface area is 109 Å². The van der Waals surface area contributed by atoms with E-state index >= 15 is 0 Å². The van der Waals surface area contributed by atoms with Crippen molar-refractivity contribution in [2.45, 2.75) is 52.9 Å². The van der Waals surface area contributed by atoms with Crippen molar-refractivity contribution in [3.8, 4) is 0 Å². The van der Waals surface area contributed by atoms with Crippen LogP contribution in [0.5, 0.6) is 0 Å². The number of nitrogens with zero attached hydrogens (tertiary/aromatic N) is 2. The maximum atomic E-state index is 4.30. The molecule has 1 unspecified atom stereocenters. The summed E-state index contributed by atoms with van der Waals surface area (Å²) < 4.78 is 0. The molecule has 98 valence electrons. The standard InChI is InChI=1S/C13H25N3S/c1-5-8-14-9-6-7-12-15-16-13(17-12)11(4)10(2)3/h10-11,14H,5-9H2,1-4H3. The molecule has 0 fully saturated rings. The molecule has 1 aromatic rings. The Bertz CT molecular complexity index is 309. The fraction of sp³-hybridized carbons (Fsp3) is 0.846. The summed E-state index contributed by atoms with van der Waals surface area (Å²) in [5, 5.41) is 14.4. The minimum Gasteiger partial charge on any atom is -0.317 e. The van der Waals surface area contributed by atoms with Crippen LogP contribution in [0.25, 0.3) is 0 Å². The fourth-order valence-electron chi connectivity index (χ4n) is 1.50. The first kappa shape index (κ1) is 14.6. The summed E-state index contributed by atoms with van der Waals surface area (Å²) in [5.41, 5.74) is 0. The van der Waals surface area contributed by atoms with Gasteiger partial charge >= 0.3 is 0 Å². The summed E-state index contributed by atoms with van der Waals surface area (Å²) in [6, 6.07) is 0. The van der Waals surface area contributed by atoms with E-state index in [-0.39, 0.29) is 0 Å². The Hall–Kier alpha value is -0.480. The van der Waals surface area contributed by atoms with E-state index in [4.69, 9.17) is 0 Å². The van der Waals surface area contributed by atoms with Crippen LogP contribution in [0.3, 0.4) is 0 Å². The monoisotopic (exact) mass is 255 g/mol. The molecule has 0 aromatic carbocycles. The minimum absolute atomic E-state index is 0.527. The Kier molecular flexibility index (Phi) is 6.66. The van der Waals surface area contributed by atoms with Crippen molar-refractivity contribution in [1.29, 1.82) is 0 Å². The summed E-state index contributed by atoms with van der Waals surface area (Å²) in [6.45, 7) is 11.1. The van der Waals surface area contributed by atoms with Crippen LogP contribution in [0.15, 0.2) is 0 Å². The van der Waals surface area contributed by atoms with Gasteiger partial charge in [0.05, 0.1) is 0 Å². The maximum absolute atomic E-state index is 4.30. The second-order valence-corrected chi connectivity index (χ2v) is 6.01. The van der Waals surface area contributed by atoms with Crippen LogP contribution >= 0.6 is 11.3 Å². The van der Waals surface area contributed by atoms with Crippen molar-refractivity contribution in [1.82, 2.24) is 15.5 Å². The molecular weight excluding hydrogens is 230 g/mol. The van der Waals surface area contributed by atoms with E-state index in [1.54, 1.807) is 11.3 Å². The van der Waals surface area contributed by atoms with Gasteiger partial charge in [-0.2, -0.15) is 0 Å². The lowest BCUT2D eigenvalue weighted by atomic mass is 9.99. The van der Waals surface area contributed by atoms with Gasteiger partial charge in [0.25, 0.3) is 0 Å². The first-order chi connectivity index (χ1) is 8.15. The van der Waals surface area contributed by atoms with E-state index in [2.05, 4.69) is 43.2 Å². The average molecular weight is 255 g/mol. The summed E-state index contributed by atoms with van der Waals surface area (Å²) in [5.74, 6) is 1.17. The molecule has 1 N–H and O–H groups in total. The van der Waals surface area contributed by atoms with Gasteiger partial charge in [-0.05, 0) is 31.8 Å². The van der Waals surface area contributed by atoms with Crippen LogP contribution < -0.4 is 5.32 Å². The van der Waals surface area contributed by atoms with Crippen molar-refractivity contribution < 1.29 is 0 Å². The average Bonchev–Trinajstić information content (AvgIpc) is 2.76. The molecule has 0 amide bonds. The van der Waals surface area contributed by atoms with Gasteiger partial charge in [-0.3, -0.25) is 0 Å². The van der Waals surface area contributed by atoms with Crippen LogP contribution in [0.4, 0.5) is 0 Å². The quantitative estimate of drug-likeness (QED) is 0.725. The topological polar surface area (TPSA) is 37.8 Å². The number of aryl methyl sites for hydroxylation is 1. The Morgan fingerprint density at radius 2 is 1.94 bits per heavy atom. The first-order valence-electron chi connectivity index (χ1n) is 6.68. The lowest BCUT2D eigenvalue weighted by molar-refractivity contribution is 0.529. The molecular formula is C13H25N3S. The zero-order valence-electron chi connectivity index (χ0n) is 11.5. The van der Waals surface area contributed by atoms with Crippen LogP contribution in [0.1, 0.15) is 56.5 Å². The molecule has 0 radical (unpaired) electrons. The molecule has 0 spiro atoms. The van der Waals surface area contributed by atoms with Gasteiger partial charge < -0.3 is 5.32 Å². The molecule has 1 aromatic heterocycles. The number of nitrogens with one attached hydrogen (secondary N) is 1. The molecule has 0 aliphatic heterocycles. The van der Waals surface area contributed by atoms with Crippen molar-refractivity contribution in [3.05, 3.63) is 10.0 Å². The molecule has 0 saturated heterocycles.